The molecule has 0 aliphatic carbocycles. The van der Waals surface area contributed by atoms with Gasteiger partial charge in [-0.05, 0) is 37.1 Å². The standard InChI is InChI=1S/C22H21FN8O/c1-13(15-5-17(23)10-26-8-15)28-21(32)30-11-22(12-30)2-3-31-19(22)6-18(29-31)16-4-14(7-24)20(25)27-9-16/h4-6,8-10,13H,2-3,11-12H2,1H3,(H2,25,27)(H,28,32). The predicted octanol–water partition coefficient (Wildman–Crippen LogP) is 2.36. The number of likely N-dealkylation sites (tertiary alicyclic amines) is 1. The van der Waals surface area contributed by atoms with Gasteiger partial charge in [0.15, 0.2) is 0 Å². The number of halogens is 1. The van der Waals surface area contributed by atoms with Crippen LogP contribution in [-0.2, 0) is 12.0 Å². The summed E-state index contributed by atoms with van der Waals surface area (Å²) in [6.07, 6.45) is 5.21. The lowest BCUT2D eigenvalue weighted by atomic mass is 9.76. The van der Waals surface area contributed by atoms with Crippen molar-refractivity contribution in [2.75, 3.05) is 18.8 Å². The number of aryl methyl sites for hydroxylation is 1. The largest absolute Gasteiger partial charge is 0.383 e. The Balaban J connectivity index is 1.29. The Morgan fingerprint density at radius 3 is 2.88 bits per heavy atom. The minimum Gasteiger partial charge on any atom is -0.383 e. The van der Waals surface area contributed by atoms with E-state index in [4.69, 9.17) is 5.73 Å². The summed E-state index contributed by atoms with van der Waals surface area (Å²) in [4.78, 5) is 22.4. The Bertz CT molecular complexity index is 1260. The predicted molar refractivity (Wildman–Crippen MR) is 114 cm³/mol. The summed E-state index contributed by atoms with van der Waals surface area (Å²) in [6, 6.07) is 6.58. The van der Waals surface area contributed by atoms with Crippen molar-refractivity contribution in [2.24, 2.45) is 0 Å². The number of carbonyl (C=O) groups is 1. The van der Waals surface area contributed by atoms with Gasteiger partial charge in [-0.3, -0.25) is 9.67 Å². The van der Waals surface area contributed by atoms with Crippen LogP contribution in [0.4, 0.5) is 15.0 Å². The van der Waals surface area contributed by atoms with Gasteiger partial charge in [0.2, 0.25) is 0 Å². The van der Waals surface area contributed by atoms with Crippen molar-refractivity contribution in [1.82, 2.24) is 30.0 Å². The molecule has 5 rings (SSSR count). The van der Waals surface area contributed by atoms with Crippen molar-refractivity contribution in [3.8, 4) is 17.3 Å². The van der Waals surface area contributed by atoms with Crippen molar-refractivity contribution in [3.05, 3.63) is 59.4 Å². The molecule has 0 aromatic carbocycles. The smallest absolute Gasteiger partial charge is 0.317 e. The van der Waals surface area contributed by atoms with Crippen LogP contribution in [0.2, 0.25) is 0 Å². The second-order valence-electron chi connectivity index (χ2n) is 8.40. The van der Waals surface area contributed by atoms with E-state index in [0.717, 1.165) is 36.1 Å². The van der Waals surface area contributed by atoms with Gasteiger partial charge in [0.1, 0.15) is 17.7 Å². The number of amides is 2. The summed E-state index contributed by atoms with van der Waals surface area (Å²) in [5.41, 5.74) is 9.07. The molecule has 162 valence electrons. The number of aromatic nitrogens is 4. The van der Waals surface area contributed by atoms with Gasteiger partial charge in [-0.25, -0.2) is 14.2 Å². The van der Waals surface area contributed by atoms with Gasteiger partial charge in [-0.2, -0.15) is 10.4 Å². The number of carbonyl (C=O) groups excluding carboxylic acids is 1. The first-order valence-corrected chi connectivity index (χ1v) is 10.3. The van der Waals surface area contributed by atoms with E-state index in [1.165, 1.54) is 6.07 Å². The lowest BCUT2D eigenvalue weighted by molar-refractivity contribution is 0.0906. The SMILES string of the molecule is CC(NC(=O)N1CC2(CCn3nc(-c4cnc(N)c(C#N)c4)cc32)C1)c1cncc(F)c1. The van der Waals surface area contributed by atoms with Crippen LogP contribution >= 0.6 is 0 Å². The zero-order valence-corrected chi connectivity index (χ0v) is 17.4. The first kappa shape index (κ1) is 19.9. The van der Waals surface area contributed by atoms with E-state index in [2.05, 4.69) is 20.4 Å². The van der Waals surface area contributed by atoms with Crippen LogP contribution in [-0.4, -0.2) is 43.8 Å². The van der Waals surface area contributed by atoms with Gasteiger partial charge >= 0.3 is 6.03 Å². The first-order valence-electron chi connectivity index (χ1n) is 10.3. The maximum absolute atomic E-state index is 13.4. The second kappa shape index (κ2) is 7.30. The zero-order valence-electron chi connectivity index (χ0n) is 17.4. The number of nitrogens with two attached hydrogens (primary N) is 1. The molecule has 2 amide bonds. The molecular weight excluding hydrogens is 411 g/mol. The summed E-state index contributed by atoms with van der Waals surface area (Å²) in [5.74, 6) is -0.233. The van der Waals surface area contributed by atoms with Crippen LogP contribution in [0, 0.1) is 17.1 Å². The molecule has 1 fully saturated rings. The molecular formula is C22H21FN8O. The lowest BCUT2D eigenvalue weighted by Crippen LogP contribution is -2.62. The lowest BCUT2D eigenvalue weighted by Gasteiger charge is -2.47. The number of fused-ring (bicyclic) bond motifs is 2. The van der Waals surface area contributed by atoms with E-state index in [9.17, 15) is 14.4 Å². The van der Waals surface area contributed by atoms with E-state index in [1.54, 1.807) is 30.3 Å². The molecule has 10 heteroatoms. The van der Waals surface area contributed by atoms with E-state index < -0.39 is 5.82 Å². The van der Waals surface area contributed by atoms with Gasteiger partial charge < -0.3 is 16.0 Å². The molecule has 1 spiro atoms. The highest BCUT2D eigenvalue weighted by molar-refractivity contribution is 5.76. The molecule has 0 radical (unpaired) electrons. The molecule has 1 saturated heterocycles. The molecule has 0 bridgehead atoms. The molecule has 1 atom stereocenters. The molecule has 3 N–H and O–H groups in total. The Kier molecular flexibility index (Phi) is 4.55. The second-order valence-corrected chi connectivity index (χ2v) is 8.40. The fourth-order valence-electron chi connectivity index (χ4n) is 4.48. The van der Waals surface area contributed by atoms with Gasteiger partial charge in [-0.15, -0.1) is 0 Å². The maximum atomic E-state index is 13.4. The number of nitrogens with zero attached hydrogens (tertiary/aromatic N) is 6. The van der Waals surface area contributed by atoms with Gasteiger partial charge in [-0.1, -0.05) is 0 Å². The van der Waals surface area contributed by atoms with Gasteiger partial charge in [0, 0.05) is 48.7 Å². The fraction of sp³-hybridized carbons (Fsp3) is 0.318. The monoisotopic (exact) mass is 432 g/mol. The molecule has 1 unspecified atom stereocenters. The summed E-state index contributed by atoms with van der Waals surface area (Å²) >= 11 is 0. The Morgan fingerprint density at radius 1 is 1.31 bits per heavy atom. The summed E-state index contributed by atoms with van der Waals surface area (Å²) in [6.45, 7) is 3.74. The van der Waals surface area contributed by atoms with E-state index in [0.29, 0.717) is 24.2 Å². The zero-order chi connectivity index (χ0) is 22.5. The average Bonchev–Trinajstić information content (AvgIpc) is 3.32. The first-order chi connectivity index (χ1) is 15.4. The minimum absolute atomic E-state index is 0.133. The number of nitrogen functional groups attached to an aromatic ring is 1. The molecule has 2 aliphatic rings. The van der Waals surface area contributed by atoms with Crippen LogP contribution in [0.5, 0.6) is 0 Å². The number of nitrogens with one attached hydrogen (secondary N) is 1. The van der Waals surface area contributed by atoms with Crippen LogP contribution < -0.4 is 11.1 Å². The minimum atomic E-state index is -0.431. The number of rotatable bonds is 3. The molecule has 32 heavy (non-hydrogen) atoms. The molecule has 9 nitrogen and oxygen atoms in total. The average molecular weight is 432 g/mol. The van der Waals surface area contributed by atoms with E-state index >= 15 is 0 Å². The maximum Gasteiger partial charge on any atom is 0.317 e. The number of pyridine rings is 2. The molecule has 3 aromatic heterocycles. The number of urea groups is 1. The summed E-state index contributed by atoms with van der Waals surface area (Å²) < 4.78 is 15.4. The summed E-state index contributed by atoms with van der Waals surface area (Å²) in [7, 11) is 0. The molecule has 5 heterocycles. The van der Waals surface area contributed by atoms with Gasteiger partial charge in [0.05, 0.1) is 23.5 Å². The highest BCUT2D eigenvalue weighted by atomic mass is 19.1. The number of nitriles is 1. The molecule has 2 aliphatic heterocycles. The van der Waals surface area contributed by atoms with Crippen LogP contribution in [0.3, 0.4) is 0 Å². The fourth-order valence-corrected chi connectivity index (χ4v) is 4.48. The van der Waals surface area contributed by atoms with Crippen molar-refractivity contribution in [2.45, 2.75) is 31.3 Å². The molecule has 0 saturated carbocycles. The normalized spacial score (nSPS) is 16.8. The Labute approximate surface area is 183 Å². The summed E-state index contributed by atoms with van der Waals surface area (Å²) in [5, 5.41) is 16.8. The Hall–Kier alpha value is -4.00. The van der Waals surface area contributed by atoms with Crippen LogP contribution in [0.15, 0.2) is 36.8 Å². The number of hydrogen-bond acceptors (Lipinski definition) is 6. The number of anilines is 1. The third kappa shape index (κ3) is 3.22. The van der Waals surface area contributed by atoms with Gasteiger partial charge in [0.25, 0.3) is 0 Å². The quantitative estimate of drug-likeness (QED) is 0.654. The van der Waals surface area contributed by atoms with Crippen molar-refractivity contribution in [3.63, 3.8) is 0 Å². The van der Waals surface area contributed by atoms with Crippen molar-refractivity contribution >= 4 is 11.8 Å². The van der Waals surface area contributed by atoms with Crippen molar-refractivity contribution < 1.29 is 9.18 Å². The van der Waals surface area contributed by atoms with Crippen molar-refractivity contribution in [1.29, 1.82) is 5.26 Å². The third-order valence-corrected chi connectivity index (χ3v) is 6.30. The third-order valence-electron chi connectivity index (χ3n) is 6.30. The topological polar surface area (TPSA) is 126 Å². The van der Waals surface area contributed by atoms with E-state index in [1.807, 2.05) is 16.8 Å². The highest BCUT2D eigenvalue weighted by Crippen LogP contribution is 2.44. The van der Waals surface area contributed by atoms with Crippen LogP contribution in [0.25, 0.3) is 11.3 Å². The molecule has 3 aromatic rings. The Morgan fingerprint density at radius 2 is 2.12 bits per heavy atom. The van der Waals surface area contributed by atoms with E-state index in [-0.39, 0.29) is 23.3 Å². The number of hydrogen-bond donors (Lipinski definition) is 2. The highest BCUT2D eigenvalue weighted by Gasteiger charge is 2.51. The van der Waals surface area contributed by atoms with Crippen LogP contribution in [0.1, 0.15) is 36.2 Å².